The van der Waals surface area contributed by atoms with E-state index in [4.69, 9.17) is 17.2 Å². The van der Waals surface area contributed by atoms with E-state index in [0.717, 1.165) is 38.1 Å². The zero-order valence-corrected chi connectivity index (χ0v) is 46.4. The van der Waals surface area contributed by atoms with Crippen LogP contribution in [-0.2, 0) is 57.6 Å². The number of carbonyl (C=O) groups is 8. The number of H-pyrrole nitrogens is 2. The van der Waals surface area contributed by atoms with E-state index < -0.39 is 89.6 Å². The number of aromatic amines is 2. The van der Waals surface area contributed by atoms with Crippen LogP contribution in [0, 0.1) is 0 Å². The number of carbonyl (C=O) groups excluding carboxylic acids is 8. The van der Waals surface area contributed by atoms with Gasteiger partial charge in [-0.2, -0.15) is 25.3 Å². The lowest BCUT2D eigenvalue weighted by Crippen LogP contribution is -2.59. The Morgan fingerprint density at radius 2 is 0.951 bits per heavy atom. The maximum atomic E-state index is 14.8. The van der Waals surface area contributed by atoms with Crippen molar-refractivity contribution in [1.29, 1.82) is 0 Å². The molecular weight excluding hydrogens is 1070 g/mol. The minimum atomic E-state index is -1.30. The number of amides is 8. The molecule has 0 spiro atoms. The molecule has 0 fully saturated rings. The van der Waals surface area contributed by atoms with Crippen molar-refractivity contribution in [3.8, 4) is 0 Å². The quantitative estimate of drug-likeness (QED) is 0.0231. The van der Waals surface area contributed by atoms with Gasteiger partial charge in [0.15, 0.2) is 0 Å². The summed E-state index contributed by atoms with van der Waals surface area (Å²) in [6.45, 7) is 0.342. The summed E-state index contributed by atoms with van der Waals surface area (Å²) in [7, 11) is 0. The molecule has 0 aliphatic carbocycles. The van der Waals surface area contributed by atoms with E-state index in [9.17, 15) is 38.4 Å². The molecule has 15 N–H and O–H groups in total. The highest BCUT2D eigenvalue weighted by Gasteiger charge is 2.33. The summed E-state index contributed by atoms with van der Waals surface area (Å²) in [5.74, 6) is -5.46. The van der Waals surface area contributed by atoms with Crippen LogP contribution in [-0.4, -0.2) is 118 Å². The van der Waals surface area contributed by atoms with Gasteiger partial charge < -0.3 is 64.4 Å². The number of nitrogens with two attached hydrogens (primary N) is 3. The Labute approximate surface area is 479 Å². The lowest BCUT2D eigenvalue weighted by Gasteiger charge is -2.27. The number of fused-ring (bicyclic) bond motifs is 3. The van der Waals surface area contributed by atoms with Crippen LogP contribution in [0.5, 0.6) is 0 Å². The van der Waals surface area contributed by atoms with Crippen molar-refractivity contribution in [3.05, 3.63) is 156 Å². The predicted molar refractivity (Wildman–Crippen MR) is 319 cm³/mol. The summed E-state index contributed by atoms with van der Waals surface area (Å²) >= 11 is 8.65. The minimum Gasteiger partial charge on any atom is -0.368 e. The minimum absolute atomic E-state index is 0.0126. The van der Waals surface area contributed by atoms with E-state index >= 15 is 0 Å². The second-order valence-corrected chi connectivity index (χ2v) is 20.5. The molecule has 0 unspecified atom stereocenters. The fourth-order valence-corrected chi connectivity index (χ4v) is 10.0. The van der Waals surface area contributed by atoms with Crippen LogP contribution < -0.4 is 54.4 Å². The third-order valence-corrected chi connectivity index (χ3v) is 14.7. The molecule has 22 heteroatoms. The van der Waals surface area contributed by atoms with Gasteiger partial charge in [-0.15, -0.1) is 0 Å². The number of nitrogens with one attached hydrogen (secondary N) is 9. The molecule has 0 radical (unpaired) electrons. The number of unbranched alkanes of at least 4 members (excludes halogenated alkanes) is 1. The highest BCUT2D eigenvalue weighted by atomic mass is 32.1. The predicted octanol–water partition coefficient (Wildman–Crippen LogP) is 2.81. The molecule has 2 aromatic heterocycles. The molecule has 0 aliphatic rings. The van der Waals surface area contributed by atoms with E-state index in [-0.39, 0.29) is 56.6 Å². The topological polar surface area (TPSA) is 330 Å². The van der Waals surface area contributed by atoms with Crippen LogP contribution in [0.15, 0.2) is 134 Å². The van der Waals surface area contributed by atoms with Crippen molar-refractivity contribution < 1.29 is 38.4 Å². The summed E-state index contributed by atoms with van der Waals surface area (Å²) in [4.78, 5) is 116. The van der Waals surface area contributed by atoms with Crippen LogP contribution in [0.1, 0.15) is 60.4 Å². The number of para-hydroxylation sites is 2. The third-order valence-electron chi connectivity index (χ3n) is 14.0. The van der Waals surface area contributed by atoms with E-state index in [1.54, 1.807) is 42.7 Å². The Balaban J connectivity index is 1.02. The van der Waals surface area contributed by atoms with Crippen LogP contribution in [0.25, 0.3) is 32.6 Å². The number of hydrogen-bond donors (Lipinski definition) is 14. The van der Waals surface area contributed by atoms with Gasteiger partial charge >= 0.3 is 0 Å². The average Bonchev–Trinajstić information content (AvgIpc) is 4.25. The van der Waals surface area contributed by atoms with Crippen molar-refractivity contribution in [3.63, 3.8) is 0 Å². The summed E-state index contributed by atoms with van der Waals surface area (Å²) in [5.41, 5.74) is 22.1. The molecule has 8 amide bonds. The standard InChI is InChI=1S/C59H70N12O8S2/c60-26-11-10-24-45(54(74)63-27-13-25-51(72)66-49(33-80)57(77)68-46(53(62)73)28-37-18-12-17-35-14-4-5-19-40(35)37)67-55(75)47(29-38-31-64-43-22-8-6-20-41(38)43)69-56(76)48(30-39-32-65-44-23-9-7-21-42(39)44)70-58(78)50(34-81)71-59(79)52(61)36-15-2-1-3-16-36/h1-9,12,14-23,31-32,45-50,52,64-65,80-81H,10-11,13,24-30,33-34,60-61H2,(H2,62,73)(H,63,74)(H,66,72)(H,67,75)(H,68,77)(H,69,76)(H,70,78)(H,71,79)/t45-,46-,47+,48-,49+,50+,52-/m0/s1. The number of rotatable bonds is 30. The first-order valence-electron chi connectivity index (χ1n) is 26.8. The third kappa shape index (κ3) is 16.7. The molecule has 0 saturated carbocycles. The Kier molecular flexibility index (Phi) is 22.3. The van der Waals surface area contributed by atoms with Crippen LogP contribution in [0.3, 0.4) is 0 Å². The molecule has 7 rings (SSSR count). The van der Waals surface area contributed by atoms with Crippen LogP contribution in [0.2, 0.25) is 0 Å². The first-order chi connectivity index (χ1) is 39.2. The van der Waals surface area contributed by atoms with Gasteiger partial charge in [-0.25, -0.2) is 0 Å². The van der Waals surface area contributed by atoms with Gasteiger partial charge in [-0.1, -0.05) is 109 Å². The fraction of sp³-hybridized carbons (Fsp3) is 0.322. The largest absolute Gasteiger partial charge is 0.368 e. The molecule has 426 valence electrons. The van der Waals surface area contributed by atoms with Gasteiger partial charge in [0, 0.05) is 77.9 Å². The van der Waals surface area contributed by atoms with Gasteiger partial charge in [0.2, 0.25) is 47.3 Å². The Morgan fingerprint density at radius 1 is 0.469 bits per heavy atom. The van der Waals surface area contributed by atoms with Gasteiger partial charge in [0.25, 0.3) is 0 Å². The number of hydrogen-bond acceptors (Lipinski definition) is 12. The maximum Gasteiger partial charge on any atom is 0.244 e. The lowest BCUT2D eigenvalue weighted by atomic mass is 9.98. The van der Waals surface area contributed by atoms with Crippen molar-refractivity contribution >= 4 is 105 Å². The molecule has 7 atom stereocenters. The molecular formula is C59H70N12O8S2. The molecule has 0 saturated heterocycles. The second-order valence-electron chi connectivity index (χ2n) is 19.7. The fourth-order valence-electron chi connectivity index (χ4n) is 9.54. The Morgan fingerprint density at radius 3 is 1.53 bits per heavy atom. The number of primary amides is 1. The Hall–Kier alpha value is -8.18. The average molecular weight is 1140 g/mol. The molecule has 0 aliphatic heterocycles. The van der Waals surface area contributed by atoms with Gasteiger partial charge in [0.1, 0.15) is 42.3 Å². The van der Waals surface area contributed by atoms with Crippen LogP contribution >= 0.6 is 25.3 Å². The molecule has 20 nitrogen and oxygen atoms in total. The van der Waals surface area contributed by atoms with E-state index in [1.165, 1.54) is 0 Å². The summed E-state index contributed by atoms with van der Waals surface area (Å²) in [6, 6.07) is 28.6. The van der Waals surface area contributed by atoms with Crippen molar-refractivity contribution in [1.82, 2.24) is 47.2 Å². The van der Waals surface area contributed by atoms with Gasteiger partial charge in [-0.3, -0.25) is 38.4 Å². The van der Waals surface area contributed by atoms with Crippen molar-refractivity contribution in [2.24, 2.45) is 17.2 Å². The zero-order chi connectivity index (χ0) is 57.8. The molecule has 2 heterocycles. The highest BCUT2D eigenvalue weighted by Crippen LogP contribution is 2.23. The highest BCUT2D eigenvalue weighted by molar-refractivity contribution is 7.80. The number of thiol groups is 2. The smallest absolute Gasteiger partial charge is 0.244 e. The lowest BCUT2D eigenvalue weighted by molar-refractivity contribution is -0.134. The first-order valence-corrected chi connectivity index (χ1v) is 28.1. The van der Waals surface area contributed by atoms with Gasteiger partial charge in [-0.05, 0) is 77.4 Å². The van der Waals surface area contributed by atoms with E-state index in [0.29, 0.717) is 36.1 Å². The van der Waals surface area contributed by atoms with E-state index in [2.05, 4.69) is 72.4 Å². The first kappa shape index (κ1) is 60.5. The van der Waals surface area contributed by atoms with E-state index in [1.807, 2.05) is 91.0 Å². The van der Waals surface area contributed by atoms with Crippen molar-refractivity contribution in [2.75, 3.05) is 24.6 Å². The SMILES string of the molecule is NCCCC[C@H](NC(=O)[C@@H](Cc1c[nH]c2ccccc12)NC(=O)[C@H](Cc1c[nH]c2ccccc12)NC(=O)[C@@H](CS)NC(=O)[C@@H](N)c1ccccc1)C(=O)NCCCC(=O)N[C@H](CS)C(=O)N[C@@H](Cc1cccc2ccccc12)C(N)=O. The summed E-state index contributed by atoms with van der Waals surface area (Å²) in [6.07, 6.45) is 4.75. The molecule has 5 aromatic carbocycles. The number of aromatic nitrogens is 2. The van der Waals surface area contributed by atoms with Crippen molar-refractivity contribution in [2.45, 2.75) is 93.7 Å². The number of benzene rings is 5. The molecule has 81 heavy (non-hydrogen) atoms. The summed E-state index contributed by atoms with van der Waals surface area (Å²) in [5, 5.41) is 22.8. The maximum absolute atomic E-state index is 14.8. The Bertz CT molecular complexity index is 3310. The van der Waals surface area contributed by atoms with Crippen LogP contribution in [0.4, 0.5) is 0 Å². The van der Waals surface area contributed by atoms with Gasteiger partial charge in [0.05, 0.1) is 0 Å². The molecule has 7 aromatic rings. The monoisotopic (exact) mass is 1140 g/mol. The second kappa shape index (κ2) is 29.9. The normalized spacial score (nSPS) is 13.9. The zero-order valence-electron chi connectivity index (χ0n) is 44.6. The molecule has 0 bridgehead atoms. The summed E-state index contributed by atoms with van der Waals surface area (Å²) < 4.78 is 0.